The van der Waals surface area contributed by atoms with Crippen molar-refractivity contribution < 1.29 is 13.9 Å². The van der Waals surface area contributed by atoms with Crippen molar-refractivity contribution in [3.05, 3.63) is 54.9 Å². The van der Waals surface area contributed by atoms with Gasteiger partial charge in [-0.1, -0.05) is 6.58 Å². The number of aromatic nitrogens is 2. The molecule has 0 aliphatic rings. The van der Waals surface area contributed by atoms with Gasteiger partial charge in [0.25, 0.3) is 0 Å². The first-order valence-corrected chi connectivity index (χ1v) is 7.89. The molecule has 0 aliphatic heterocycles. The highest BCUT2D eigenvalue weighted by Crippen LogP contribution is 2.26. The van der Waals surface area contributed by atoms with Gasteiger partial charge in [0.15, 0.2) is 5.58 Å². The van der Waals surface area contributed by atoms with Gasteiger partial charge in [-0.15, -0.1) is 0 Å². The predicted molar refractivity (Wildman–Crippen MR) is 96.3 cm³/mol. The number of hydrogen-bond donors (Lipinski definition) is 0. The number of rotatable bonds is 6. The first kappa shape index (κ1) is 16.7. The minimum atomic E-state index is -0.374. The molecule has 0 N–H and O–H groups in total. The van der Waals surface area contributed by atoms with E-state index in [-0.39, 0.29) is 5.97 Å². The number of ether oxygens (including phenoxy) is 1. The van der Waals surface area contributed by atoms with Crippen molar-refractivity contribution in [1.82, 2.24) is 9.97 Å². The van der Waals surface area contributed by atoms with Crippen molar-refractivity contribution in [1.29, 1.82) is 0 Å². The van der Waals surface area contributed by atoms with E-state index in [9.17, 15) is 4.79 Å². The quantitative estimate of drug-likeness (QED) is 0.507. The second-order valence-electron chi connectivity index (χ2n) is 5.74. The molecule has 6 nitrogen and oxygen atoms in total. The van der Waals surface area contributed by atoms with Crippen LogP contribution in [0.1, 0.15) is 6.92 Å². The maximum atomic E-state index is 11.4. The molecular formula is C19H19N3O3. The van der Waals surface area contributed by atoms with Gasteiger partial charge in [-0.25, -0.2) is 9.78 Å². The number of carbonyl (C=O) groups excluding carboxylic acids is 1. The van der Waals surface area contributed by atoms with E-state index in [1.54, 1.807) is 19.3 Å². The predicted octanol–water partition coefficient (Wildman–Crippen LogP) is 3.45. The second kappa shape index (κ2) is 7.17. The molecule has 0 spiro atoms. The number of hydrogen-bond acceptors (Lipinski definition) is 6. The molecule has 25 heavy (non-hydrogen) atoms. The summed E-state index contributed by atoms with van der Waals surface area (Å²) in [7, 11) is 1.93. The van der Waals surface area contributed by atoms with Gasteiger partial charge in [-0.2, -0.15) is 0 Å². The molecule has 2 heterocycles. The topological polar surface area (TPSA) is 68.5 Å². The van der Waals surface area contributed by atoms with Gasteiger partial charge in [0, 0.05) is 42.3 Å². The fourth-order valence-corrected chi connectivity index (χ4v) is 2.30. The number of nitrogens with zero attached hydrogens (tertiary/aromatic N) is 3. The highest BCUT2D eigenvalue weighted by atomic mass is 16.5. The minimum absolute atomic E-state index is 0.291. The first-order valence-electron chi connectivity index (χ1n) is 7.89. The second-order valence-corrected chi connectivity index (χ2v) is 5.74. The van der Waals surface area contributed by atoms with E-state index in [1.807, 2.05) is 42.3 Å². The average Bonchev–Trinajstić information content (AvgIpc) is 3.05. The molecule has 0 aliphatic carbocycles. The summed E-state index contributed by atoms with van der Waals surface area (Å²) >= 11 is 0. The molecule has 3 aromatic rings. The fraction of sp³-hybridized carbons (Fsp3) is 0.211. The number of benzene rings is 1. The summed E-state index contributed by atoms with van der Waals surface area (Å²) in [5.74, 6) is 0.189. The summed E-state index contributed by atoms with van der Waals surface area (Å²) < 4.78 is 11.0. The number of oxazole rings is 1. The Morgan fingerprint density at radius 2 is 2.04 bits per heavy atom. The van der Waals surface area contributed by atoms with Gasteiger partial charge in [0.1, 0.15) is 12.1 Å². The van der Waals surface area contributed by atoms with Crippen molar-refractivity contribution >= 4 is 22.8 Å². The maximum Gasteiger partial charge on any atom is 0.333 e. The molecule has 6 heteroatoms. The lowest BCUT2D eigenvalue weighted by atomic mass is 10.2. The van der Waals surface area contributed by atoms with Crippen molar-refractivity contribution in [3.63, 3.8) is 0 Å². The zero-order valence-corrected chi connectivity index (χ0v) is 14.2. The molecule has 0 saturated heterocycles. The Labute approximate surface area is 145 Å². The smallest absolute Gasteiger partial charge is 0.333 e. The summed E-state index contributed by atoms with van der Waals surface area (Å²) in [6, 6.07) is 9.51. The summed E-state index contributed by atoms with van der Waals surface area (Å²) in [4.78, 5) is 21.9. The molecule has 3 rings (SSSR count). The maximum absolute atomic E-state index is 11.4. The van der Waals surface area contributed by atoms with Gasteiger partial charge >= 0.3 is 5.97 Å². The van der Waals surface area contributed by atoms with E-state index in [4.69, 9.17) is 9.15 Å². The van der Waals surface area contributed by atoms with Gasteiger partial charge in [0.05, 0.1) is 6.54 Å². The number of carbonyl (C=O) groups is 1. The van der Waals surface area contributed by atoms with Crippen molar-refractivity contribution in [3.8, 4) is 11.5 Å². The molecule has 0 fully saturated rings. The van der Waals surface area contributed by atoms with E-state index in [0.717, 1.165) is 16.8 Å². The van der Waals surface area contributed by atoms with Crippen molar-refractivity contribution in [2.24, 2.45) is 0 Å². The largest absolute Gasteiger partial charge is 0.460 e. The lowest BCUT2D eigenvalue weighted by Gasteiger charge is -2.18. The monoisotopic (exact) mass is 337 g/mol. The number of esters is 1. The van der Waals surface area contributed by atoms with Crippen LogP contribution in [0.3, 0.4) is 0 Å². The number of anilines is 1. The zero-order chi connectivity index (χ0) is 17.8. The normalized spacial score (nSPS) is 10.6. The number of fused-ring (bicyclic) bond motifs is 1. The molecule has 0 saturated carbocycles. The molecule has 2 aromatic heterocycles. The van der Waals surface area contributed by atoms with Crippen LogP contribution in [0.4, 0.5) is 5.69 Å². The van der Waals surface area contributed by atoms with Crippen LogP contribution in [0.2, 0.25) is 0 Å². The zero-order valence-electron chi connectivity index (χ0n) is 14.2. The Kier molecular flexibility index (Phi) is 4.79. The van der Waals surface area contributed by atoms with Crippen molar-refractivity contribution in [2.45, 2.75) is 6.92 Å². The molecule has 128 valence electrons. The SMILES string of the molecule is C=C(C)C(=O)OCCN(C)c1ccc2nc(-c3ccncc3)oc2c1. The van der Waals surface area contributed by atoms with Gasteiger partial charge < -0.3 is 14.1 Å². The molecule has 1 aromatic carbocycles. The molecular weight excluding hydrogens is 318 g/mol. The average molecular weight is 337 g/mol. The van der Waals surface area contributed by atoms with Gasteiger partial charge in [-0.3, -0.25) is 4.98 Å². The Bertz CT molecular complexity index is 903. The van der Waals surface area contributed by atoms with E-state index < -0.39 is 0 Å². The Hall–Kier alpha value is -3.15. The Morgan fingerprint density at radius 3 is 2.76 bits per heavy atom. The summed E-state index contributed by atoms with van der Waals surface area (Å²) in [5.41, 5.74) is 3.73. The Morgan fingerprint density at radius 1 is 1.28 bits per heavy atom. The first-order chi connectivity index (χ1) is 12.0. The summed E-state index contributed by atoms with van der Waals surface area (Å²) in [5, 5.41) is 0. The van der Waals surface area contributed by atoms with Crippen LogP contribution < -0.4 is 4.90 Å². The standard InChI is InChI=1S/C19H19N3O3/c1-13(2)19(23)24-11-10-22(3)15-4-5-16-17(12-15)25-18(21-16)14-6-8-20-9-7-14/h4-9,12H,1,10-11H2,2-3H3. The van der Waals surface area contributed by atoms with Gasteiger partial charge in [0.2, 0.25) is 5.89 Å². The molecule has 0 unspecified atom stereocenters. The molecule has 0 bridgehead atoms. The third-order valence-corrected chi connectivity index (χ3v) is 3.75. The van der Waals surface area contributed by atoms with Crippen LogP contribution in [0.15, 0.2) is 59.3 Å². The lowest BCUT2D eigenvalue weighted by molar-refractivity contribution is -0.138. The molecule has 0 amide bonds. The van der Waals surface area contributed by atoms with Crippen LogP contribution in [0, 0.1) is 0 Å². The van der Waals surface area contributed by atoms with Crippen LogP contribution in [0.5, 0.6) is 0 Å². The minimum Gasteiger partial charge on any atom is -0.460 e. The van der Waals surface area contributed by atoms with Crippen LogP contribution >= 0.6 is 0 Å². The fourth-order valence-electron chi connectivity index (χ4n) is 2.30. The van der Waals surface area contributed by atoms with E-state index in [1.165, 1.54) is 0 Å². The van der Waals surface area contributed by atoms with Crippen molar-refractivity contribution in [2.75, 3.05) is 25.1 Å². The highest BCUT2D eigenvalue weighted by molar-refractivity contribution is 5.87. The van der Waals surface area contributed by atoms with Crippen LogP contribution in [-0.4, -0.2) is 36.1 Å². The van der Waals surface area contributed by atoms with Gasteiger partial charge in [-0.05, 0) is 31.2 Å². The number of likely N-dealkylation sites (N-methyl/N-ethyl adjacent to an activating group) is 1. The van der Waals surface area contributed by atoms with Crippen LogP contribution in [-0.2, 0) is 9.53 Å². The number of pyridine rings is 1. The third-order valence-electron chi connectivity index (χ3n) is 3.75. The third kappa shape index (κ3) is 3.85. The Balaban J connectivity index is 1.72. The summed E-state index contributed by atoms with van der Waals surface area (Å²) in [6.07, 6.45) is 3.41. The summed E-state index contributed by atoms with van der Waals surface area (Å²) in [6.45, 7) is 6.05. The highest BCUT2D eigenvalue weighted by Gasteiger charge is 2.11. The van der Waals surface area contributed by atoms with E-state index >= 15 is 0 Å². The molecule has 0 atom stereocenters. The van der Waals surface area contributed by atoms with E-state index in [2.05, 4.69) is 16.5 Å². The van der Waals surface area contributed by atoms with Crippen LogP contribution in [0.25, 0.3) is 22.6 Å². The lowest BCUT2D eigenvalue weighted by Crippen LogP contribution is -2.23. The van der Waals surface area contributed by atoms with E-state index in [0.29, 0.717) is 30.2 Å². The molecule has 0 radical (unpaired) electrons.